The van der Waals surface area contributed by atoms with E-state index in [-0.39, 0.29) is 35.8 Å². The second-order valence-electron chi connectivity index (χ2n) is 11.2. The first-order valence-electron chi connectivity index (χ1n) is 13.1. The monoisotopic (exact) mass is 490 g/mol. The zero-order valence-corrected chi connectivity index (χ0v) is 21.2. The van der Waals surface area contributed by atoms with Crippen LogP contribution in [0.15, 0.2) is 42.6 Å². The number of halogens is 1. The number of aromatic nitrogens is 1. The minimum atomic E-state index is -0.304. The Morgan fingerprint density at radius 1 is 1.14 bits per heavy atom. The fourth-order valence-electron chi connectivity index (χ4n) is 6.82. The molecule has 3 aromatic rings. The number of nitrogens with one attached hydrogen (secondary N) is 1. The molecule has 2 N–H and O–H groups in total. The van der Waals surface area contributed by atoms with Crippen LogP contribution in [0.1, 0.15) is 58.3 Å². The number of carbonyl (C=O) groups excluding carboxylic acids is 1. The van der Waals surface area contributed by atoms with Gasteiger partial charge in [-0.3, -0.25) is 9.69 Å². The van der Waals surface area contributed by atoms with E-state index in [1.54, 1.807) is 6.07 Å². The lowest BCUT2D eigenvalue weighted by atomic mass is 9.89. The number of para-hydroxylation sites is 1. The topological polar surface area (TPSA) is 60.7 Å². The number of rotatable bonds is 5. The van der Waals surface area contributed by atoms with Crippen LogP contribution in [0.4, 0.5) is 4.39 Å². The van der Waals surface area contributed by atoms with Crippen LogP contribution in [0.2, 0.25) is 0 Å². The molecule has 0 bridgehead atoms. The molecule has 0 spiro atoms. The molecular formula is C29H35FN4O2. The lowest BCUT2D eigenvalue weighted by Gasteiger charge is -2.32. The number of amides is 1. The molecule has 36 heavy (non-hydrogen) atoms. The maximum absolute atomic E-state index is 14.9. The van der Waals surface area contributed by atoms with Crippen molar-refractivity contribution < 1.29 is 14.3 Å². The smallest absolute Gasteiger partial charge is 0.253 e. The molecule has 1 aromatic heterocycles. The van der Waals surface area contributed by atoms with Gasteiger partial charge in [-0.1, -0.05) is 24.3 Å². The average Bonchev–Trinajstić information content (AvgIpc) is 3.53. The Bertz CT molecular complexity index is 1310. The molecule has 2 fully saturated rings. The van der Waals surface area contributed by atoms with Gasteiger partial charge in [0.15, 0.2) is 0 Å². The first kappa shape index (κ1) is 23.6. The number of aliphatic hydroxyl groups excluding tert-OH is 1. The quantitative estimate of drug-likeness (QED) is 0.574. The number of likely N-dealkylation sites (N-methyl/N-ethyl adjacent to an activating group) is 1. The van der Waals surface area contributed by atoms with Crippen molar-refractivity contribution in [3.05, 3.63) is 70.7 Å². The lowest BCUT2D eigenvalue weighted by Crippen LogP contribution is -2.46. The fourth-order valence-corrected chi connectivity index (χ4v) is 6.82. The van der Waals surface area contributed by atoms with E-state index in [4.69, 9.17) is 0 Å². The summed E-state index contributed by atoms with van der Waals surface area (Å²) in [6.07, 6.45) is 5.00. The highest BCUT2D eigenvalue weighted by Gasteiger charge is 2.42. The standard InChI is InChI=1S/C29H35FN4O2/c1-32(2)26-16-34(25-11-10-17-6-4-9-24(30)27(17)25)15-23(26)22-14-33(3)28-20(22)7-5-8-21(28)29(36)31-18-12-19(35)13-18/h4-9,14,18-19,23,25-26,35H,10-13,15-16H2,1-3H3,(H,31,36)/t18?,19?,23-,25?,26+/m1/s1. The van der Waals surface area contributed by atoms with E-state index in [1.807, 2.05) is 25.2 Å². The van der Waals surface area contributed by atoms with Gasteiger partial charge in [0.1, 0.15) is 5.82 Å². The Labute approximate surface area is 211 Å². The Morgan fingerprint density at radius 2 is 1.92 bits per heavy atom. The van der Waals surface area contributed by atoms with Gasteiger partial charge in [-0.2, -0.15) is 0 Å². The predicted molar refractivity (Wildman–Crippen MR) is 139 cm³/mol. The molecule has 2 aromatic carbocycles. The summed E-state index contributed by atoms with van der Waals surface area (Å²) < 4.78 is 16.9. The molecule has 1 saturated carbocycles. The number of benzene rings is 2. The predicted octanol–water partition coefficient (Wildman–Crippen LogP) is 3.59. The number of hydrogen-bond acceptors (Lipinski definition) is 4. The Hall–Kier alpha value is -2.74. The van der Waals surface area contributed by atoms with Gasteiger partial charge in [-0.25, -0.2) is 4.39 Å². The van der Waals surface area contributed by atoms with Gasteiger partial charge >= 0.3 is 0 Å². The number of fused-ring (bicyclic) bond motifs is 2. The molecule has 2 aliphatic carbocycles. The summed E-state index contributed by atoms with van der Waals surface area (Å²) in [5.41, 5.74) is 4.89. The van der Waals surface area contributed by atoms with Gasteiger partial charge in [-0.15, -0.1) is 0 Å². The Morgan fingerprint density at radius 3 is 2.67 bits per heavy atom. The summed E-state index contributed by atoms with van der Waals surface area (Å²) in [7, 11) is 6.26. The highest BCUT2D eigenvalue weighted by Crippen LogP contribution is 2.44. The van der Waals surface area contributed by atoms with E-state index < -0.39 is 0 Å². The van der Waals surface area contributed by atoms with E-state index in [1.165, 1.54) is 5.56 Å². The zero-order valence-electron chi connectivity index (χ0n) is 21.2. The second kappa shape index (κ2) is 8.98. The SMILES string of the molecule is CN(C)[C@H]1CN(C2CCc3cccc(F)c32)C[C@@H]1c1cn(C)c2c(C(=O)NC3CC(O)C3)cccc12. The lowest BCUT2D eigenvalue weighted by molar-refractivity contribution is 0.0563. The molecule has 3 aliphatic rings. The summed E-state index contributed by atoms with van der Waals surface area (Å²) in [4.78, 5) is 17.9. The summed E-state index contributed by atoms with van der Waals surface area (Å²) in [5.74, 6) is 0.0831. The number of likely N-dealkylation sites (tertiary alicyclic amines) is 1. The maximum atomic E-state index is 14.9. The molecule has 6 rings (SSSR count). The second-order valence-corrected chi connectivity index (χ2v) is 11.2. The van der Waals surface area contributed by atoms with E-state index >= 15 is 0 Å². The number of nitrogens with zero attached hydrogens (tertiary/aromatic N) is 3. The number of aliphatic hydroxyl groups is 1. The molecule has 3 atom stereocenters. The van der Waals surface area contributed by atoms with Crippen LogP contribution in [-0.2, 0) is 13.5 Å². The Balaban J connectivity index is 1.33. The first-order valence-corrected chi connectivity index (χ1v) is 13.1. The van der Waals surface area contributed by atoms with Crippen LogP contribution in [-0.4, -0.2) is 70.8 Å². The summed E-state index contributed by atoms with van der Waals surface area (Å²) >= 11 is 0. The highest BCUT2D eigenvalue weighted by atomic mass is 19.1. The molecular weight excluding hydrogens is 455 g/mol. The first-order chi connectivity index (χ1) is 17.3. The van der Waals surface area contributed by atoms with Crippen molar-refractivity contribution in [2.75, 3.05) is 27.2 Å². The summed E-state index contributed by atoms with van der Waals surface area (Å²) in [5, 5.41) is 13.8. The number of hydrogen-bond donors (Lipinski definition) is 2. The summed E-state index contributed by atoms with van der Waals surface area (Å²) in [6.45, 7) is 1.74. The van der Waals surface area contributed by atoms with Gasteiger partial charge in [0.2, 0.25) is 0 Å². The minimum absolute atomic E-state index is 0.0405. The molecule has 7 heteroatoms. The highest BCUT2D eigenvalue weighted by molar-refractivity contribution is 6.07. The zero-order chi connectivity index (χ0) is 25.1. The minimum Gasteiger partial charge on any atom is -0.393 e. The normalized spacial score (nSPS) is 28.0. The van der Waals surface area contributed by atoms with Crippen LogP contribution < -0.4 is 5.32 Å². The largest absolute Gasteiger partial charge is 0.393 e. The molecule has 1 unspecified atom stereocenters. The van der Waals surface area contributed by atoms with Crippen LogP contribution in [0.5, 0.6) is 0 Å². The van der Waals surface area contributed by atoms with Gasteiger partial charge < -0.3 is 19.9 Å². The third kappa shape index (κ3) is 3.85. The van der Waals surface area contributed by atoms with Crippen molar-refractivity contribution in [3.8, 4) is 0 Å². The van der Waals surface area contributed by atoms with E-state index in [9.17, 15) is 14.3 Å². The van der Waals surface area contributed by atoms with Crippen LogP contribution in [0.25, 0.3) is 10.9 Å². The molecule has 6 nitrogen and oxygen atoms in total. The van der Waals surface area contributed by atoms with E-state index in [2.05, 4.69) is 52.1 Å². The molecule has 1 amide bonds. The van der Waals surface area contributed by atoms with E-state index in [0.29, 0.717) is 24.4 Å². The molecule has 1 saturated heterocycles. The van der Waals surface area contributed by atoms with Crippen molar-refractivity contribution in [3.63, 3.8) is 0 Å². The van der Waals surface area contributed by atoms with Crippen LogP contribution >= 0.6 is 0 Å². The van der Waals surface area contributed by atoms with E-state index in [0.717, 1.165) is 48.0 Å². The summed E-state index contributed by atoms with van der Waals surface area (Å²) in [6, 6.07) is 11.9. The van der Waals surface area contributed by atoms with Gasteiger partial charge in [0.25, 0.3) is 5.91 Å². The van der Waals surface area contributed by atoms with Crippen LogP contribution in [0, 0.1) is 5.82 Å². The fraction of sp³-hybridized carbons (Fsp3) is 0.483. The third-order valence-electron chi connectivity index (χ3n) is 8.71. The van der Waals surface area contributed by atoms with Gasteiger partial charge in [0.05, 0.1) is 17.2 Å². The Kier molecular flexibility index (Phi) is 5.90. The van der Waals surface area contributed by atoms with Crippen LogP contribution in [0.3, 0.4) is 0 Å². The molecule has 2 heterocycles. The van der Waals surface area contributed by atoms with Crippen molar-refractivity contribution in [2.45, 2.75) is 55.8 Å². The molecule has 1 aliphatic heterocycles. The average molecular weight is 491 g/mol. The molecule has 190 valence electrons. The van der Waals surface area contributed by atoms with Gasteiger partial charge in [-0.05, 0) is 63.0 Å². The van der Waals surface area contributed by atoms with Crippen molar-refractivity contribution in [2.24, 2.45) is 7.05 Å². The number of carbonyl (C=O) groups is 1. The number of aryl methyl sites for hydroxylation is 2. The third-order valence-corrected chi connectivity index (χ3v) is 8.71. The molecule has 0 radical (unpaired) electrons. The maximum Gasteiger partial charge on any atom is 0.253 e. The van der Waals surface area contributed by atoms with Crippen molar-refractivity contribution in [1.29, 1.82) is 0 Å². The van der Waals surface area contributed by atoms with Crippen molar-refractivity contribution >= 4 is 16.8 Å². The van der Waals surface area contributed by atoms with Gasteiger partial charge in [0, 0.05) is 61.3 Å². The van der Waals surface area contributed by atoms with Crippen molar-refractivity contribution in [1.82, 2.24) is 19.7 Å².